The van der Waals surface area contributed by atoms with Gasteiger partial charge < -0.3 is 15.2 Å². The van der Waals surface area contributed by atoms with Gasteiger partial charge in [0.2, 0.25) is 0 Å². The van der Waals surface area contributed by atoms with E-state index in [1.54, 1.807) is 0 Å². The quantitative estimate of drug-likeness (QED) is 0.836. The van der Waals surface area contributed by atoms with Gasteiger partial charge in [0, 0.05) is 0 Å². The van der Waals surface area contributed by atoms with Crippen LogP contribution in [0.4, 0.5) is 0 Å². The summed E-state index contributed by atoms with van der Waals surface area (Å²) in [6.07, 6.45) is 0.0678. The fourth-order valence-corrected chi connectivity index (χ4v) is 1.60. The number of ether oxygens (including phenoxy) is 2. The van der Waals surface area contributed by atoms with Crippen molar-refractivity contribution in [1.29, 1.82) is 0 Å². The molecule has 2 rings (SSSR count). The first-order valence-electron chi connectivity index (χ1n) is 5.38. The summed E-state index contributed by atoms with van der Waals surface area (Å²) in [4.78, 5) is 4.10. The predicted molar refractivity (Wildman–Crippen MR) is 62.2 cm³/mol. The Labute approximate surface area is 95.1 Å². The molecule has 0 amide bonds. The van der Waals surface area contributed by atoms with Crippen molar-refractivity contribution < 1.29 is 9.47 Å². The van der Waals surface area contributed by atoms with Crippen LogP contribution in [-0.2, 0) is 9.47 Å². The molecule has 0 radical (unpaired) electrons. The number of hydrogen-bond donors (Lipinski definition) is 1. The minimum Gasteiger partial charge on any atom is -0.463 e. The van der Waals surface area contributed by atoms with Gasteiger partial charge >= 0.3 is 0 Å². The first-order valence-corrected chi connectivity index (χ1v) is 5.38. The summed E-state index contributed by atoms with van der Waals surface area (Å²) >= 11 is 0. The highest BCUT2D eigenvalue weighted by molar-refractivity contribution is 5.73. The summed E-state index contributed by atoms with van der Waals surface area (Å²) in [7, 11) is 0. The van der Waals surface area contributed by atoms with Gasteiger partial charge in [-0.15, -0.1) is 0 Å². The van der Waals surface area contributed by atoms with Crippen LogP contribution in [0.2, 0.25) is 0 Å². The molecule has 2 N–H and O–H groups in total. The Balaban J connectivity index is 1.82. The van der Waals surface area contributed by atoms with Gasteiger partial charge in [0.1, 0.15) is 12.6 Å². The van der Waals surface area contributed by atoms with Crippen molar-refractivity contribution in [3.05, 3.63) is 35.9 Å². The van der Waals surface area contributed by atoms with Crippen molar-refractivity contribution in [3.63, 3.8) is 0 Å². The molecule has 1 aromatic rings. The van der Waals surface area contributed by atoms with Crippen LogP contribution in [0.1, 0.15) is 18.6 Å². The molecule has 1 aliphatic rings. The third-order valence-electron chi connectivity index (χ3n) is 2.54. The summed E-state index contributed by atoms with van der Waals surface area (Å²) in [5.74, 6) is 0. The van der Waals surface area contributed by atoms with Crippen molar-refractivity contribution in [2.75, 3.05) is 13.2 Å². The van der Waals surface area contributed by atoms with E-state index in [1.807, 2.05) is 37.3 Å². The maximum absolute atomic E-state index is 5.72. The maximum Gasteiger partial charge on any atom is 0.282 e. The molecule has 1 unspecified atom stereocenters. The standard InChI is InChI=1S/C12H16N2O2/c1-9(10-5-3-2-4-6-10)15-7-11-8-16-12(13)14-11/h2-6,9,11H,7-8H2,1H3,(H2,13,14)/t9?,11-/m0/s1. The van der Waals surface area contributed by atoms with E-state index in [9.17, 15) is 0 Å². The molecule has 0 bridgehead atoms. The minimum absolute atomic E-state index is 0.0335. The van der Waals surface area contributed by atoms with Gasteiger partial charge in [-0.25, -0.2) is 4.99 Å². The van der Waals surface area contributed by atoms with Gasteiger partial charge in [0.25, 0.3) is 6.02 Å². The van der Waals surface area contributed by atoms with Crippen molar-refractivity contribution in [3.8, 4) is 0 Å². The van der Waals surface area contributed by atoms with Gasteiger partial charge in [0.15, 0.2) is 0 Å². The fraction of sp³-hybridized carbons (Fsp3) is 0.417. The van der Waals surface area contributed by atoms with Crippen molar-refractivity contribution in [2.24, 2.45) is 10.7 Å². The molecule has 2 atom stereocenters. The Hall–Kier alpha value is -1.55. The third kappa shape index (κ3) is 2.73. The zero-order valence-electron chi connectivity index (χ0n) is 9.30. The predicted octanol–water partition coefficient (Wildman–Crippen LogP) is 1.48. The summed E-state index contributed by atoms with van der Waals surface area (Å²) < 4.78 is 10.8. The SMILES string of the molecule is CC(OC[C@H]1COC(N)=N1)c1ccccc1. The molecule has 1 aliphatic heterocycles. The van der Waals surface area contributed by atoms with Crippen LogP contribution in [0.25, 0.3) is 0 Å². The molecule has 16 heavy (non-hydrogen) atoms. The van der Waals surface area contributed by atoms with E-state index >= 15 is 0 Å². The van der Waals surface area contributed by atoms with E-state index in [-0.39, 0.29) is 18.2 Å². The van der Waals surface area contributed by atoms with Crippen LogP contribution in [0.5, 0.6) is 0 Å². The number of benzene rings is 1. The van der Waals surface area contributed by atoms with E-state index in [2.05, 4.69) is 4.99 Å². The van der Waals surface area contributed by atoms with Crippen molar-refractivity contribution in [2.45, 2.75) is 19.1 Å². The largest absolute Gasteiger partial charge is 0.463 e. The number of amidine groups is 1. The summed E-state index contributed by atoms with van der Waals surface area (Å²) in [6, 6.07) is 10.4. The molecule has 4 heteroatoms. The second-order valence-corrected chi connectivity index (χ2v) is 3.82. The van der Waals surface area contributed by atoms with Gasteiger partial charge in [-0.2, -0.15) is 0 Å². The van der Waals surface area contributed by atoms with Gasteiger partial charge in [0.05, 0.1) is 12.7 Å². The Kier molecular flexibility index (Phi) is 3.41. The smallest absolute Gasteiger partial charge is 0.282 e. The number of nitrogens with zero attached hydrogens (tertiary/aromatic N) is 1. The van der Waals surface area contributed by atoms with E-state index in [0.717, 1.165) is 0 Å². The molecule has 0 aromatic heterocycles. The van der Waals surface area contributed by atoms with E-state index in [0.29, 0.717) is 13.2 Å². The molecule has 1 heterocycles. The first kappa shape index (κ1) is 11.0. The third-order valence-corrected chi connectivity index (χ3v) is 2.54. The highest BCUT2D eigenvalue weighted by Gasteiger charge is 2.18. The maximum atomic E-state index is 5.72. The molecule has 0 aliphatic carbocycles. The van der Waals surface area contributed by atoms with Gasteiger partial charge in [-0.05, 0) is 12.5 Å². The lowest BCUT2D eigenvalue weighted by atomic mass is 10.1. The zero-order valence-corrected chi connectivity index (χ0v) is 9.30. The Bertz CT molecular complexity index is 365. The van der Waals surface area contributed by atoms with Crippen molar-refractivity contribution >= 4 is 6.02 Å². The van der Waals surface area contributed by atoms with Crippen LogP contribution in [0.15, 0.2) is 35.3 Å². The van der Waals surface area contributed by atoms with Crippen LogP contribution in [0, 0.1) is 0 Å². The summed E-state index contributed by atoms with van der Waals surface area (Å²) in [5, 5.41) is 0. The molecule has 86 valence electrons. The zero-order chi connectivity index (χ0) is 11.4. The van der Waals surface area contributed by atoms with Crippen LogP contribution < -0.4 is 5.73 Å². The lowest BCUT2D eigenvalue weighted by molar-refractivity contribution is 0.0517. The fourth-order valence-electron chi connectivity index (χ4n) is 1.60. The molecule has 1 aromatic carbocycles. The second kappa shape index (κ2) is 4.99. The molecule has 0 saturated carbocycles. The van der Waals surface area contributed by atoms with Gasteiger partial charge in [-0.1, -0.05) is 30.3 Å². The molecule has 0 saturated heterocycles. The molecular formula is C12H16N2O2. The minimum atomic E-state index is 0.0335. The number of nitrogens with two attached hydrogens (primary N) is 1. The normalized spacial score (nSPS) is 21.3. The molecule has 0 spiro atoms. The van der Waals surface area contributed by atoms with E-state index < -0.39 is 0 Å². The summed E-state index contributed by atoms with van der Waals surface area (Å²) in [6.45, 7) is 3.09. The Morgan fingerprint density at radius 1 is 1.50 bits per heavy atom. The lowest BCUT2D eigenvalue weighted by Gasteiger charge is -2.14. The lowest BCUT2D eigenvalue weighted by Crippen LogP contribution is -2.16. The monoisotopic (exact) mass is 220 g/mol. The first-order chi connectivity index (χ1) is 7.75. The molecular weight excluding hydrogens is 204 g/mol. The topological polar surface area (TPSA) is 56.8 Å². The van der Waals surface area contributed by atoms with Crippen LogP contribution in [-0.4, -0.2) is 25.3 Å². The highest BCUT2D eigenvalue weighted by Crippen LogP contribution is 2.17. The molecule has 0 fully saturated rings. The number of aliphatic imine (C=N–C) groups is 1. The van der Waals surface area contributed by atoms with Crippen molar-refractivity contribution in [1.82, 2.24) is 0 Å². The number of rotatable bonds is 4. The Morgan fingerprint density at radius 3 is 2.88 bits per heavy atom. The Morgan fingerprint density at radius 2 is 2.25 bits per heavy atom. The summed E-state index contributed by atoms with van der Waals surface area (Å²) in [5.41, 5.74) is 6.58. The van der Waals surface area contributed by atoms with Crippen LogP contribution >= 0.6 is 0 Å². The highest BCUT2D eigenvalue weighted by atomic mass is 16.5. The van der Waals surface area contributed by atoms with E-state index in [1.165, 1.54) is 5.56 Å². The second-order valence-electron chi connectivity index (χ2n) is 3.82. The van der Waals surface area contributed by atoms with E-state index in [4.69, 9.17) is 15.2 Å². The van der Waals surface area contributed by atoms with Crippen LogP contribution in [0.3, 0.4) is 0 Å². The van der Waals surface area contributed by atoms with Gasteiger partial charge in [-0.3, -0.25) is 0 Å². The number of hydrogen-bond acceptors (Lipinski definition) is 4. The average molecular weight is 220 g/mol. The average Bonchev–Trinajstić information content (AvgIpc) is 2.73. The molecule has 4 nitrogen and oxygen atoms in total.